The lowest BCUT2D eigenvalue weighted by molar-refractivity contribution is 0.669. The number of benzene rings is 7. The minimum absolute atomic E-state index is 0.0303. The summed E-state index contributed by atoms with van der Waals surface area (Å²) in [5, 5.41) is 9.85. The third-order valence-corrected chi connectivity index (χ3v) is 10.7. The molecular weight excluding hydrogens is 619 g/mol. The van der Waals surface area contributed by atoms with E-state index in [1.165, 1.54) is 37.9 Å². The number of rotatable bonds is 4. The molecule has 2 aliphatic rings. The molecule has 1 aliphatic heterocycles. The summed E-state index contributed by atoms with van der Waals surface area (Å²) in [6.45, 7) is 2.22. The fraction of sp³-hybridized carbons (Fsp3) is 0.0612. The number of hydrogen-bond donors (Lipinski definition) is 0. The normalized spacial score (nSPS) is 17.5. The van der Waals surface area contributed by atoms with E-state index >= 15 is 0 Å². The van der Waals surface area contributed by atoms with Crippen molar-refractivity contribution in [2.45, 2.75) is 12.8 Å². The molecule has 1 aliphatic carbocycles. The van der Waals surface area contributed by atoms with E-state index in [-0.39, 0.29) is 11.8 Å². The molecule has 0 spiro atoms. The van der Waals surface area contributed by atoms with Crippen molar-refractivity contribution >= 4 is 65.7 Å². The van der Waals surface area contributed by atoms with Gasteiger partial charge in [-0.1, -0.05) is 146 Å². The van der Waals surface area contributed by atoms with Crippen molar-refractivity contribution in [3.63, 3.8) is 0 Å². The summed E-state index contributed by atoms with van der Waals surface area (Å²) >= 11 is 0. The third kappa shape index (κ3) is 4.76. The molecule has 0 amide bonds. The molecule has 2 unspecified atom stereocenters. The summed E-state index contributed by atoms with van der Waals surface area (Å²) in [5.41, 5.74) is 13.1. The molecule has 7 aromatic carbocycles. The minimum atomic E-state index is 0.0303. The second-order valence-corrected chi connectivity index (χ2v) is 13.5. The molecule has 2 heteroatoms. The smallest absolute Gasteiger partial charge is 0.136 e. The molecule has 8 aromatic rings. The highest BCUT2D eigenvalue weighted by molar-refractivity contribution is 6.18. The van der Waals surface area contributed by atoms with E-state index < -0.39 is 0 Å². The first-order valence-corrected chi connectivity index (χ1v) is 17.6. The minimum Gasteiger partial charge on any atom is -0.456 e. The Bertz CT molecular complexity index is 2910. The molecule has 2 nitrogen and oxygen atoms in total. The van der Waals surface area contributed by atoms with Gasteiger partial charge >= 0.3 is 0 Å². The SMILES string of the molecule is CC1=C(c2cccc3oc4ccccc4c23)N=C(c2ccccc2)C=C=C1C1C=CC=CC1c1cc2c3ccccc3ccc2c2ccccc12. The first-order chi connectivity index (χ1) is 25.2. The molecular formula is C49H33NO. The van der Waals surface area contributed by atoms with Gasteiger partial charge in [-0.2, -0.15) is 0 Å². The summed E-state index contributed by atoms with van der Waals surface area (Å²) in [6.07, 6.45) is 11.2. The molecule has 0 saturated carbocycles. The van der Waals surface area contributed by atoms with Gasteiger partial charge in [0, 0.05) is 45.4 Å². The number of hydrogen-bond acceptors (Lipinski definition) is 2. The molecule has 51 heavy (non-hydrogen) atoms. The fourth-order valence-electron chi connectivity index (χ4n) is 8.30. The highest BCUT2D eigenvalue weighted by Crippen LogP contribution is 2.46. The zero-order chi connectivity index (χ0) is 33.9. The highest BCUT2D eigenvalue weighted by Gasteiger charge is 2.30. The molecule has 2 atom stereocenters. The molecule has 0 radical (unpaired) electrons. The van der Waals surface area contributed by atoms with Crippen LogP contribution in [0.3, 0.4) is 0 Å². The second kappa shape index (κ2) is 11.8. The van der Waals surface area contributed by atoms with Crippen LogP contribution in [0.5, 0.6) is 0 Å². The quantitative estimate of drug-likeness (QED) is 0.137. The molecule has 0 bridgehead atoms. The molecule has 0 fully saturated rings. The average Bonchev–Trinajstić information content (AvgIpc) is 3.49. The van der Waals surface area contributed by atoms with Crippen LogP contribution in [-0.2, 0) is 0 Å². The van der Waals surface area contributed by atoms with Gasteiger partial charge in [-0.3, -0.25) is 0 Å². The number of nitrogens with zero attached hydrogens (tertiary/aromatic N) is 1. The van der Waals surface area contributed by atoms with Crippen LogP contribution in [0.25, 0.3) is 60.0 Å². The summed E-state index contributed by atoms with van der Waals surface area (Å²) in [7, 11) is 0. The first-order valence-electron chi connectivity index (χ1n) is 17.6. The summed E-state index contributed by atoms with van der Waals surface area (Å²) in [5.74, 6) is 0.113. The summed E-state index contributed by atoms with van der Waals surface area (Å²) in [4.78, 5) is 5.48. The fourth-order valence-corrected chi connectivity index (χ4v) is 8.30. The predicted molar refractivity (Wildman–Crippen MR) is 214 cm³/mol. The Morgan fingerprint density at radius 2 is 1.25 bits per heavy atom. The van der Waals surface area contributed by atoms with Crippen LogP contribution >= 0.6 is 0 Å². The van der Waals surface area contributed by atoms with Gasteiger partial charge in [-0.05, 0) is 68.6 Å². The van der Waals surface area contributed by atoms with Gasteiger partial charge in [-0.15, -0.1) is 5.73 Å². The second-order valence-electron chi connectivity index (χ2n) is 13.5. The maximum absolute atomic E-state index is 6.36. The van der Waals surface area contributed by atoms with Crippen molar-refractivity contribution in [3.8, 4) is 0 Å². The van der Waals surface area contributed by atoms with Crippen LogP contribution < -0.4 is 0 Å². The zero-order valence-corrected chi connectivity index (χ0v) is 28.2. The van der Waals surface area contributed by atoms with E-state index in [0.29, 0.717) is 0 Å². The van der Waals surface area contributed by atoms with Crippen LogP contribution in [-0.4, -0.2) is 5.71 Å². The van der Waals surface area contributed by atoms with Gasteiger partial charge < -0.3 is 4.42 Å². The largest absolute Gasteiger partial charge is 0.456 e. The van der Waals surface area contributed by atoms with E-state index in [0.717, 1.165) is 55.6 Å². The van der Waals surface area contributed by atoms with E-state index in [2.05, 4.69) is 164 Å². The van der Waals surface area contributed by atoms with Crippen LogP contribution in [0, 0.1) is 5.92 Å². The monoisotopic (exact) mass is 651 g/mol. The summed E-state index contributed by atoms with van der Waals surface area (Å²) < 4.78 is 6.36. The van der Waals surface area contributed by atoms with Crippen LogP contribution in [0.2, 0.25) is 0 Å². The first kappa shape index (κ1) is 29.4. The number of furan rings is 1. The van der Waals surface area contributed by atoms with E-state index in [1.807, 2.05) is 18.2 Å². The lowest BCUT2D eigenvalue weighted by Crippen LogP contribution is -2.15. The summed E-state index contributed by atoms with van der Waals surface area (Å²) in [6, 6.07) is 49.7. The number of aliphatic imine (C=N–C) groups is 1. The lowest BCUT2D eigenvalue weighted by atomic mass is 9.74. The average molecular weight is 652 g/mol. The Morgan fingerprint density at radius 1 is 0.569 bits per heavy atom. The van der Waals surface area contributed by atoms with E-state index in [1.54, 1.807) is 0 Å². The Hall–Kier alpha value is -6.47. The molecule has 10 rings (SSSR count). The van der Waals surface area contributed by atoms with Crippen molar-refractivity contribution in [3.05, 3.63) is 203 Å². The van der Waals surface area contributed by atoms with Crippen molar-refractivity contribution in [2.24, 2.45) is 10.9 Å². The van der Waals surface area contributed by atoms with Crippen molar-refractivity contribution in [1.82, 2.24) is 0 Å². The van der Waals surface area contributed by atoms with Crippen LogP contribution in [0.4, 0.5) is 0 Å². The van der Waals surface area contributed by atoms with Crippen molar-refractivity contribution < 1.29 is 4.42 Å². The maximum atomic E-state index is 6.36. The standard InChI is InChI=1S/C49H33NO/c1-31-34(28-29-45(33-15-3-2-4-16-33)50-49(31)42-23-13-25-47-48(42)41-22-11-12-24-46(41)51-47)36-18-7-9-20-38(36)44-30-43-35-17-6-5-14-32(35)26-27-40(43)37-19-8-10-21-39(37)44/h2-27,29-30,36,38H,1H3. The van der Waals surface area contributed by atoms with Crippen LogP contribution in [0.1, 0.15) is 29.5 Å². The van der Waals surface area contributed by atoms with Gasteiger partial charge in [-0.25, -0.2) is 4.99 Å². The Morgan fingerprint density at radius 3 is 2.12 bits per heavy atom. The number of allylic oxidation sites excluding steroid dienone is 6. The highest BCUT2D eigenvalue weighted by atomic mass is 16.3. The Balaban J connectivity index is 1.22. The van der Waals surface area contributed by atoms with Crippen molar-refractivity contribution in [2.75, 3.05) is 0 Å². The lowest BCUT2D eigenvalue weighted by Gasteiger charge is -2.29. The molecule has 240 valence electrons. The van der Waals surface area contributed by atoms with Gasteiger partial charge in [0.2, 0.25) is 0 Å². The van der Waals surface area contributed by atoms with Gasteiger partial charge in [0.15, 0.2) is 0 Å². The molecule has 0 N–H and O–H groups in total. The molecule has 2 heterocycles. The van der Waals surface area contributed by atoms with Crippen molar-refractivity contribution in [1.29, 1.82) is 0 Å². The van der Waals surface area contributed by atoms with Gasteiger partial charge in [0.25, 0.3) is 0 Å². The van der Waals surface area contributed by atoms with E-state index in [4.69, 9.17) is 9.41 Å². The van der Waals surface area contributed by atoms with Crippen LogP contribution in [0.15, 0.2) is 196 Å². The topological polar surface area (TPSA) is 25.5 Å². The number of fused-ring (bicyclic) bond motifs is 8. The Labute approximate surface area is 296 Å². The van der Waals surface area contributed by atoms with Gasteiger partial charge in [0.05, 0.1) is 11.4 Å². The zero-order valence-electron chi connectivity index (χ0n) is 28.2. The predicted octanol–water partition coefficient (Wildman–Crippen LogP) is 12.9. The third-order valence-electron chi connectivity index (χ3n) is 10.7. The number of para-hydroxylation sites is 1. The molecule has 1 aromatic heterocycles. The maximum Gasteiger partial charge on any atom is 0.136 e. The molecule has 0 saturated heterocycles. The van der Waals surface area contributed by atoms with E-state index in [9.17, 15) is 0 Å². The Kier molecular flexibility index (Phi) is 6.84. The van der Waals surface area contributed by atoms with Gasteiger partial charge in [0.1, 0.15) is 11.2 Å².